The molecule has 3 heterocycles. The van der Waals surface area contributed by atoms with E-state index < -0.39 is 0 Å². The summed E-state index contributed by atoms with van der Waals surface area (Å²) in [5, 5.41) is 1.48. The van der Waals surface area contributed by atoms with Crippen LogP contribution >= 0.6 is 23.5 Å². The van der Waals surface area contributed by atoms with E-state index in [0.717, 1.165) is 36.7 Å². The van der Waals surface area contributed by atoms with Gasteiger partial charge in [-0.25, -0.2) is 0 Å². The van der Waals surface area contributed by atoms with Crippen molar-refractivity contribution in [2.75, 3.05) is 45.9 Å². The monoisotopic (exact) mass is 465 g/mol. The van der Waals surface area contributed by atoms with E-state index >= 15 is 0 Å². The number of hydrogen-bond acceptors (Lipinski definition) is 5. The molecule has 1 fully saturated rings. The van der Waals surface area contributed by atoms with Crippen LogP contribution in [0.1, 0.15) is 56.4 Å². The summed E-state index contributed by atoms with van der Waals surface area (Å²) in [5.74, 6) is 2.37. The van der Waals surface area contributed by atoms with E-state index in [-0.39, 0.29) is 6.29 Å². The Bertz CT molecular complexity index is 687. The predicted octanol–water partition coefficient (Wildman–Crippen LogP) is 4.88. The molecule has 174 valence electrons. The number of hydrogen-bond donors (Lipinski definition) is 0. The number of fused-ring (bicyclic) bond motifs is 2. The highest BCUT2D eigenvalue weighted by Crippen LogP contribution is 2.39. The van der Waals surface area contributed by atoms with Gasteiger partial charge < -0.3 is 14.0 Å². The molecule has 0 radical (unpaired) electrons. The van der Waals surface area contributed by atoms with Gasteiger partial charge in [0.15, 0.2) is 6.29 Å². The number of thioether (sulfide) groups is 2. The zero-order valence-electron chi connectivity index (χ0n) is 19.9. The third-order valence-electron chi connectivity index (χ3n) is 7.37. The second kappa shape index (κ2) is 10.8. The molecule has 0 bridgehead atoms. The molecule has 2 unspecified atom stereocenters. The van der Waals surface area contributed by atoms with Gasteiger partial charge in [0.25, 0.3) is 0 Å². The van der Waals surface area contributed by atoms with Gasteiger partial charge >= 0.3 is 0 Å². The number of piperazine rings is 1. The molecule has 6 heteroatoms. The Labute approximate surface area is 198 Å². The molecule has 1 saturated heterocycles. The zero-order valence-corrected chi connectivity index (χ0v) is 21.5. The Morgan fingerprint density at radius 1 is 0.903 bits per heavy atom. The number of rotatable bonds is 7. The SMILES string of the molecule is CCOC(CCN1CC[N+]2(CC1)Cc1cc3c(cc1C2)CSC(C)C(C)SC3)OCC. The predicted molar refractivity (Wildman–Crippen MR) is 133 cm³/mol. The van der Waals surface area contributed by atoms with Crippen molar-refractivity contribution in [2.24, 2.45) is 0 Å². The van der Waals surface area contributed by atoms with Crippen molar-refractivity contribution in [1.29, 1.82) is 0 Å². The average molecular weight is 466 g/mol. The van der Waals surface area contributed by atoms with Crippen LogP contribution < -0.4 is 0 Å². The maximum atomic E-state index is 5.73. The maximum absolute atomic E-state index is 5.73. The molecule has 0 aromatic heterocycles. The van der Waals surface area contributed by atoms with Crippen LogP contribution in [-0.2, 0) is 34.1 Å². The summed E-state index contributed by atoms with van der Waals surface area (Å²) in [4.78, 5) is 2.62. The van der Waals surface area contributed by atoms with Crippen LogP contribution in [0.4, 0.5) is 0 Å². The van der Waals surface area contributed by atoms with Crippen LogP contribution in [0.2, 0.25) is 0 Å². The third kappa shape index (κ3) is 5.82. The molecule has 3 aliphatic heterocycles. The van der Waals surface area contributed by atoms with Crippen molar-refractivity contribution in [1.82, 2.24) is 4.90 Å². The standard InChI is InChI=1S/C25H41N2O2S2/c1-5-28-25(29-6-2)7-8-26-9-11-27(12-10-26)15-21-13-23-17-30-19(3)20(4)31-18-24(23)14-22(21)16-27/h13-14,19-20,25H,5-12,15-18H2,1-4H3/q+1. The fourth-order valence-electron chi connectivity index (χ4n) is 5.19. The Morgan fingerprint density at radius 3 is 1.90 bits per heavy atom. The van der Waals surface area contributed by atoms with Crippen molar-refractivity contribution in [2.45, 2.75) is 75.5 Å². The van der Waals surface area contributed by atoms with Crippen LogP contribution in [0.5, 0.6) is 0 Å². The second-order valence-electron chi connectivity index (χ2n) is 9.50. The van der Waals surface area contributed by atoms with Crippen molar-refractivity contribution in [3.63, 3.8) is 0 Å². The van der Waals surface area contributed by atoms with Crippen LogP contribution in [0, 0.1) is 0 Å². The molecule has 0 amide bonds. The van der Waals surface area contributed by atoms with Crippen molar-refractivity contribution >= 4 is 23.5 Å². The average Bonchev–Trinajstić information content (AvgIpc) is 3.10. The van der Waals surface area contributed by atoms with Gasteiger partial charge in [0.2, 0.25) is 0 Å². The maximum Gasteiger partial charge on any atom is 0.158 e. The van der Waals surface area contributed by atoms with E-state index in [1.54, 1.807) is 22.3 Å². The third-order valence-corrected chi connectivity index (χ3v) is 10.4. The van der Waals surface area contributed by atoms with E-state index in [1.807, 2.05) is 13.8 Å². The fourth-order valence-corrected chi connectivity index (χ4v) is 7.63. The summed E-state index contributed by atoms with van der Waals surface area (Å²) >= 11 is 4.27. The summed E-state index contributed by atoms with van der Waals surface area (Å²) < 4.78 is 12.7. The molecular weight excluding hydrogens is 424 g/mol. The van der Waals surface area contributed by atoms with Crippen molar-refractivity contribution in [3.05, 3.63) is 34.4 Å². The lowest BCUT2D eigenvalue weighted by Gasteiger charge is -2.42. The first-order chi connectivity index (χ1) is 15.0. The first-order valence-electron chi connectivity index (χ1n) is 12.2. The number of quaternary nitrogens is 1. The molecule has 0 N–H and O–H groups in total. The Kier molecular flexibility index (Phi) is 8.32. The molecule has 1 aromatic carbocycles. The van der Waals surface area contributed by atoms with Gasteiger partial charge in [-0.2, -0.15) is 23.5 Å². The number of ether oxygens (including phenoxy) is 2. The van der Waals surface area contributed by atoms with Gasteiger partial charge in [0, 0.05) is 72.4 Å². The molecule has 1 spiro atoms. The minimum Gasteiger partial charge on any atom is -0.353 e. The highest BCUT2D eigenvalue weighted by molar-refractivity contribution is 8.03. The summed E-state index contributed by atoms with van der Waals surface area (Å²) in [7, 11) is 0. The normalized spacial score (nSPS) is 26.0. The van der Waals surface area contributed by atoms with Crippen LogP contribution in [0.25, 0.3) is 0 Å². The van der Waals surface area contributed by atoms with Crippen molar-refractivity contribution in [3.8, 4) is 0 Å². The largest absolute Gasteiger partial charge is 0.353 e. The summed E-state index contributed by atoms with van der Waals surface area (Å²) in [5.41, 5.74) is 6.47. The van der Waals surface area contributed by atoms with Gasteiger partial charge in [0.1, 0.15) is 13.1 Å². The number of nitrogens with zero attached hydrogens (tertiary/aromatic N) is 2. The van der Waals surface area contributed by atoms with Crippen LogP contribution in [0.3, 0.4) is 0 Å². The minimum absolute atomic E-state index is 0.0447. The first kappa shape index (κ1) is 23.9. The smallest absolute Gasteiger partial charge is 0.158 e. The zero-order chi connectivity index (χ0) is 21.8. The lowest BCUT2D eigenvalue weighted by atomic mass is 10.0. The van der Waals surface area contributed by atoms with E-state index in [4.69, 9.17) is 9.47 Å². The Hall–Kier alpha value is -0.240. The highest BCUT2D eigenvalue weighted by atomic mass is 32.2. The minimum atomic E-state index is -0.0447. The second-order valence-corrected chi connectivity index (χ2v) is 12.2. The van der Waals surface area contributed by atoms with E-state index in [9.17, 15) is 0 Å². The van der Waals surface area contributed by atoms with Gasteiger partial charge in [-0.3, -0.25) is 4.90 Å². The van der Waals surface area contributed by atoms with Crippen LogP contribution in [0.15, 0.2) is 12.1 Å². The van der Waals surface area contributed by atoms with Gasteiger partial charge in [-0.15, -0.1) is 0 Å². The molecular formula is C25H41N2O2S2+. The molecule has 0 saturated carbocycles. The quantitative estimate of drug-likeness (QED) is 0.422. The lowest BCUT2D eigenvalue weighted by Crippen LogP contribution is -2.56. The molecule has 4 nitrogen and oxygen atoms in total. The topological polar surface area (TPSA) is 21.7 Å². The summed E-state index contributed by atoms with van der Waals surface area (Å²) in [6, 6.07) is 5.16. The lowest BCUT2D eigenvalue weighted by molar-refractivity contribution is -0.950. The highest BCUT2D eigenvalue weighted by Gasteiger charge is 2.39. The first-order valence-corrected chi connectivity index (χ1v) is 14.3. The van der Waals surface area contributed by atoms with Gasteiger partial charge in [-0.05, 0) is 37.1 Å². The molecule has 0 aliphatic carbocycles. The molecule has 1 aromatic rings. The molecule has 2 atom stereocenters. The summed E-state index contributed by atoms with van der Waals surface area (Å²) in [6.45, 7) is 18.8. The Balaban J connectivity index is 1.34. The number of benzene rings is 1. The summed E-state index contributed by atoms with van der Waals surface area (Å²) in [6.07, 6.45) is 0.928. The van der Waals surface area contributed by atoms with Gasteiger partial charge in [-0.1, -0.05) is 13.8 Å². The fraction of sp³-hybridized carbons (Fsp3) is 0.760. The van der Waals surface area contributed by atoms with E-state index in [2.05, 4.69) is 54.4 Å². The molecule has 3 aliphatic rings. The molecule has 31 heavy (non-hydrogen) atoms. The van der Waals surface area contributed by atoms with Crippen molar-refractivity contribution < 1.29 is 14.0 Å². The Morgan fingerprint density at radius 2 is 1.42 bits per heavy atom. The van der Waals surface area contributed by atoms with E-state index in [0.29, 0.717) is 0 Å². The van der Waals surface area contributed by atoms with Gasteiger partial charge in [0.05, 0.1) is 13.1 Å². The molecule has 4 rings (SSSR count). The van der Waals surface area contributed by atoms with Crippen LogP contribution in [-0.4, -0.2) is 72.1 Å². The van der Waals surface area contributed by atoms with E-state index in [1.165, 1.54) is 55.3 Å².